The summed E-state index contributed by atoms with van der Waals surface area (Å²) in [6.45, 7) is 0.0672. The first-order chi connectivity index (χ1) is 13.2. The number of aromatic hydroxyl groups is 1. The fourth-order valence-electron chi connectivity index (χ4n) is 2.53. The summed E-state index contributed by atoms with van der Waals surface area (Å²) in [5.74, 6) is -1.62. The fourth-order valence-corrected chi connectivity index (χ4v) is 2.98. The van der Waals surface area contributed by atoms with Crippen LogP contribution < -0.4 is 9.62 Å². The van der Waals surface area contributed by atoms with E-state index in [1.54, 1.807) is 12.1 Å². The largest absolute Gasteiger partial charge is 0.504 e. The van der Waals surface area contributed by atoms with E-state index in [1.165, 1.54) is 37.5 Å². The predicted molar refractivity (Wildman–Crippen MR) is 102 cm³/mol. The molecule has 0 spiro atoms. The van der Waals surface area contributed by atoms with E-state index in [-0.39, 0.29) is 29.0 Å². The van der Waals surface area contributed by atoms with Crippen LogP contribution in [0, 0.1) is 5.82 Å². The molecular weight excluding hydrogens is 387 g/mol. The molecule has 0 aliphatic heterocycles. The highest BCUT2D eigenvalue weighted by Gasteiger charge is 2.24. The molecule has 3 rings (SSSR count). The number of aromatic nitrogens is 2. The van der Waals surface area contributed by atoms with E-state index in [1.807, 2.05) is 0 Å². The maximum absolute atomic E-state index is 13.0. The van der Waals surface area contributed by atoms with Gasteiger partial charge in [-0.05, 0) is 29.8 Å². The number of amides is 1. The summed E-state index contributed by atoms with van der Waals surface area (Å²) in [4.78, 5) is 20.7. The van der Waals surface area contributed by atoms with Gasteiger partial charge < -0.3 is 10.4 Å². The highest BCUT2D eigenvalue weighted by Crippen LogP contribution is 2.32. The van der Waals surface area contributed by atoms with Crippen LogP contribution in [0.3, 0.4) is 0 Å². The van der Waals surface area contributed by atoms with Gasteiger partial charge in [-0.2, -0.15) is 0 Å². The second-order valence-corrected chi connectivity index (χ2v) is 8.09. The molecule has 0 saturated heterocycles. The smallest absolute Gasteiger partial charge is 0.274 e. The van der Waals surface area contributed by atoms with Crippen molar-refractivity contribution < 1.29 is 22.7 Å². The average Bonchev–Trinajstić information content (AvgIpc) is 2.66. The number of halogens is 1. The minimum Gasteiger partial charge on any atom is -0.504 e. The summed E-state index contributed by atoms with van der Waals surface area (Å²) in [5, 5.41) is 13.3. The molecule has 0 saturated carbocycles. The molecule has 28 heavy (non-hydrogen) atoms. The van der Waals surface area contributed by atoms with Crippen LogP contribution in [0.5, 0.6) is 5.75 Å². The number of fused-ring (bicyclic) bond motifs is 1. The fraction of sp³-hybridized carbons (Fsp3) is 0.167. The van der Waals surface area contributed by atoms with Gasteiger partial charge in [-0.1, -0.05) is 12.1 Å². The van der Waals surface area contributed by atoms with Gasteiger partial charge >= 0.3 is 0 Å². The normalized spacial score (nSPS) is 11.4. The molecule has 1 aromatic carbocycles. The van der Waals surface area contributed by atoms with Crippen molar-refractivity contribution in [2.75, 3.05) is 17.6 Å². The Bertz CT molecular complexity index is 1150. The number of hydrogen-bond donors (Lipinski definition) is 2. The first kappa shape index (κ1) is 19.5. The Kier molecular flexibility index (Phi) is 5.14. The first-order valence-corrected chi connectivity index (χ1v) is 9.97. The molecule has 0 bridgehead atoms. The Morgan fingerprint density at radius 3 is 2.57 bits per heavy atom. The quantitative estimate of drug-likeness (QED) is 0.671. The number of rotatable bonds is 5. The summed E-state index contributed by atoms with van der Waals surface area (Å²) in [6, 6.07) is 8.65. The molecule has 2 aromatic heterocycles. The lowest BCUT2D eigenvalue weighted by atomic mass is 10.2. The molecule has 2 heterocycles. The number of pyridine rings is 2. The molecule has 2 N–H and O–H groups in total. The lowest BCUT2D eigenvalue weighted by Gasteiger charge is -2.19. The van der Waals surface area contributed by atoms with Crippen molar-refractivity contribution >= 4 is 32.7 Å². The second kappa shape index (κ2) is 7.39. The van der Waals surface area contributed by atoms with Crippen LogP contribution in [0.2, 0.25) is 0 Å². The van der Waals surface area contributed by atoms with Gasteiger partial charge in [0.25, 0.3) is 5.91 Å². The molecule has 1 amide bonds. The highest BCUT2D eigenvalue weighted by molar-refractivity contribution is 7.92. The summed E-state index contributed by atoms with van der Waals surface area (Å²) in [6.07, 6.45) is 2.41. The number of hydrogen-bond acceptors (Lipinski definition) is 6. The van der Waals surface area contributed by atoms with Gasteiger partial charge in [-0.25, -0.2) is 17.8 Å². The van der Waals surface area contributed by atoms with Gasteiger partial charge in [0, 0.05) is 25.2 Å². The van der Waals surface area contributed by atoms with Crippen molar-refractivity contribution in [3.8, 4) is 5.75 Å². The molecule has 3 aromatic rings. The number of nitrogens with one attached hydrogen (secondary N) is 1. The molecular formula is C18H17FN4O4S. The van der Waals surface area contributed by atoms with Crippen LogP contribution in [0.4, 0.5) is 10.2 Å². The Hall–Kier alpha value is -3.27. The monoisotopic (exact) mass is 404 g/mol. The van der Waals surface area contributed by atoms with Crippen LogP contribution in [0.15, 0.2) is 42.6 Å². The Labute approximate surface area is 160 Å². The molecule has 0 unspecified atom stereocenters. The van der Waals surface area contributed by atoms with Crippen molar-refractivity contribution in [2.45, 2.75) is 6.54 Å². The Morgan fingerprint density at radius 2 is 1.93 bits per heavy atom. The third-order valence-corrected chi connectivity index (χ3v) is 5.26. The molecule has 0 aliphatic carbocycles. The number of anilines is 1. The number of nitrogens with zero attached hydrogens (tertiary/aromatic N) is 3. The minimum absolute atomic E-state index is 0.0321. The second-order valence-electron chi connectivity index (χ2n) is 6.07. The van der Waals surface area contributed by atoms with Gasteiger partial charge in [0.15, 0.2) is 17.3 Å². The average molecular weight is 404 g/mol. The van der Waals surface area contributed by atoms with Crippen LogP contribution in [-0.4, -0.2) is 42.7 Å². The summed E-state index contributed by atoms with van der Waals surface area (Å²) in [5.41, 5.74) is 0.329. The third kappa shape index (κ3) is 3.86. The molecule has 8 nitrogen and oxygen atoms in total. The van der Waals surface area contributed by atoms with E-state index < -0.39 is 27.5 Å². The topological polar surface area (TPSA) is 112 Å². The van der Waals surface area contributed by atoms with E-state index in [0.717, 1.165) is 10.6 Å². The zero-order valence-corrected chi connectivity index (χ0v) is 15.9. The SMILES string of the molecule is CN(c1nc(C(=O)NCc2ccc(F)cc2)c(O)c2ncccc12)S(C)(=O)=O. The number of sulfonamides is 1. The molecule has 0 aliphatic rings. The van der Waals surface area contributed by atoms with E-state index >= 15 is 0 Å². The molecule has 0 radical (unpaired) electrons. The first-order valence-electron chi connectivity index (χ1n) is 8.12. The van der Waals surface area contributed by atoms with Gasteiger partial charge in [0.2, 0.25) is 10.0 Å². The van der Waals surface area contributed by atoms with Crippen molar-refractivity contribution in [3.05, 3.63) is 59.7 Å². The number of carbonyl (C=O) groups is 1. The minimum atomic E-state index is -3.67. The molecule has 10 heteroatoms. The van der Waals surface area contributed by atoms with E-state index in [2.05, 4.69) is 15.3 Å². The lowest BCUT2D eigenvalue weighted by molar-refractivity contribution is 0.0943. The van der Waals surface area contributed by atoms with Crippen LogP contribution >= 0.6 is 0 Å². The van der Waals surface area contributed by atoms with Gasteiger partial charge in [0.1, 0.15) is 11.3 Å². The van der Waals surface area contributed by atoms with Gasteiger partial charge in [-0.3, -0.25) is 14.1 Å². The van der Waals surface area contributed by atoms with E-state index in [4.69, 9.17) is 0 Å². The maximum atomic E-state index is 13.0. The van der Waals surface area contributed by atoms with E-state index in [0.29, 0.717) is 5.56 Å². The Balaban J connectivity index is 2.01. The van der Waals surface area contributed by atoms with E-state index in [9.17, 15) is 22.7 Å². The highest BCUT2D eigenvalue weighted by atomic mass is 32.2. The standard InChI is InChI=1S/C18H17FN4O4S/c1-23(28(2,26)27)17-13-4-3-9-20-14(13)16(24)15(22-17)18(25)21-10-11-5-7-12(19)8-6-11/h3-9,24H,10H2,1-2H3,(H,21,25). The number of benzene rings is 1. The van der Waals surface area contributed by atoms with Crippen LogP contribution in [-0.2, 0) is 16.6 Å². The lowest BCUT2D eigenvalue weighted by Crippen LogP contribution is -2.28. The van der Waals surface area contributed by atoms with Gasteiger partial charge in [0.05, 0.1) is 6.26 Å². The summed E-state index contributed by atoms with van der Waals surface area (Å²) < 4.78 is 37.8. The molecule has 146 valence electrons. The summed E-state index contributed by atoms with van der Waals surface area (Å²) in [7, 11) is -2.37. The van der Waals surface area contributed by atoms with Crippen molar-refractivity contribution in [1.29, 1.82) is 0 Å². The predicted octanol–water partition coefficient (Wildman–Crippen LogP) is 1.80. The summed E-state index contributed by atoms with van der Waals surface area (Å²) >= 11 is 0. The molecule has 0 fully saturated rings. The van der Waals surface area contributed by atoms with Crippen molar-refractivity contribution in [2.24, 2.45) is 0 Å². The van der Waals surface area contributed by atoms with Crippen LogP contribution in [0.1, 0.15) is 16.1 Å². The Morgan fingerprint density at radius 1 is 1.25 bits per heavy atom. The zero-order valence-electron chi connectivity index (χ0n) is 15.0. The zero-order chi connectivity index (χ0) is 20.5. The third-order valence-electron chi connectivity index (χ3n) is 4.09. The van der Waals surface area contributed by atoms with Crippen LogP contribution in [0.25, 0.3) is 10.9 Å². The molecule has 0 atom stereocenters. The maximum Gasteiger partial charge on any atom is 0.274 e. The van der Waals surface area contributed by atoms with Crippen molar-refractivity contribution in [1.82, 2.24) is 15.3 Å². The number of carbonyl (C=O) groups excluding carboxylic acids is 1. The van der Waals surface area contributed by atoms with Gasteiger partial charge in [-0.15, -0.1) is 0 Å². The van der Waals surface area contributed by atoms with Crippen molar-refractivity contribution in [3.63, 3.8) is 0 Å².